The molecule has 2 nitrogen and oxygen atoms in total. The largest absolute Gasteiger partial charge is 0.390 e. The molecule has 0 amide bonds. The lowest BCUT2D eigenvalue weighted by Gasteiger charge is -2.06. The van der Waals surface area contributed by atoms with E-state index in [-0.39, 0.29) is 11.4 Å². The van der Waals surface area contributed by atoms with Crippen LogP contribution in [0.3, 0.4) is 0 Å². The molecule has 0 saturated carbocycles. The summed E-state index contributed by atoms with van der Waals surface area (Å²) in [5.74, 6) is -1.02. The molecule has 0 aliphatic heterocycles. The fourth-order valence-corrected chi connectivity index (χ4v) is 1.05. The van der Waals surface area contributed by atoms with Crippen molar-refractivity contribution in [2.45, 2.75) is 20.0 Å². The molecule has 1 N–H and O–H groups in total. The topological polar surface area (TPSA) is 33.1 Å². The highest BCUT2D eigenvalue weighted by atomic mass is 19.3. The van der Waals surface area contributed by atoms with Crippen molar-refractivity contribution in [2.24, 2.45) is 0 Å². The second kappa shape index (κ2) is 3.74. The highest BCUT2D eigenvalue weighted by Gasteiger charge is 2.18. The smallest absolute Gasteiger partial charge is 0.268 e. The molecule has 0 saturated heterocycles. The number of halogens is 3. The van der Waals surface area contributed by atoms with Crippen molar-refractivity contribution in [1.82, 2.24) is 4.98 Å². The van der Waals surface area contributed by atoms with Gasteiger partial charge in [0.2, 0.25) is 0 Å². The van der Waals surface area contributed by atoms with Gasteiger partial charge in [-0.1, -0.05) is 0 Å². The van der Waals surface area contributed by atoms with Gasteiger partial charge in [-0.25, -0.2) is 13.2 Å². The van der Waals surface area contributed by atoms with Crippen LogP contribution >= 0.6 is 0 Å². The van der Waals surface area contributed by atoms with Gasteiger partial charge in [-0.05, 0) is 13.0 Å². The van der Waals surface area contributed by atoms with Crippen LogP contribution in [-0.2, 0) is 6.61 Å². The Balaban J connectivity index is 3.23. The van der Waals surface area contributed by atoms with Crippen molar-refractivity contribution >= 4 is 0 Å². The predicted octanol–water partition coefficient (Wildman–Crippen LogP) is 1.96. The number of rotatable bonds is 2. The van der Waals surface area contributed by atoms with Crippen molar-refractivity contribution in [2.75, 3.05) is 0 Å². The van der Waals surface area contributed by atoms with Gasteiger partial charge >= 0.3 is 0 Å². The normalized spacial score (nSPS) is 10.9. The molecule has 1 aromatic rings. The van der Waals surface area contributed by atoms with Crippen LogP contribution in [-0.4, -0.2) is 10.1 Å². The maximum Gasteiger partial charge on any atom is 0.268 e. The van der Waals surface area contributed by atoms with E-state index < -0.39 is 24.4 Å². The van der Waals surface area contributed by atoms with E-state index in [0.29, 0.717) is 0 Å². The summed E-state index contributed by atoms with van der Waals surface area (Å²) in [5, 5.41) is 8.60. The van der Waals surface area contributed by atoms with E-state index >= 15 is 0 Å². The van der Waals surface area contributed by atoms with Crippen molar-refractivity contribution in [3.8, 4) is 0 Å². The Kier molecular flexibility index (Phi) is 2.87. The molecule has 0 aliphatic rings. The van der Waals surface area contributed by atoms with Gasteiger partial charge in [0.15, 0.2) is 0 Å². The van der Waals surface area contributed by atoms with Crippen molar-refractivity contribution in [3.05, 3.63) is 28.8 Å². The molecule has 0 aromatic carbocycles. The first-order chi connectivity index (χ1) is 6.06. The van der Waals surface area contributed by atoms with Crippen molar-refractivity contribution in [1.29, 1.82) is 0 Å². The molecular weight excluding hydrogens is 183 g/mol. The minimum atomic E-state index is -2.87. The van der Waals surface area contributed by atoms with Gasteiger partial charge < -0.3 is 5.11 Å². The third-order valence-electron chi connectivity index (χ3n) is 1.63. The minimum Gasteiger partial charge on any atom is -0.390 e. The number of nitrogens with zero attached hydrogens (tertiary/aromatic N) is 1. The monoisotopic (exact) mass is 191 g/mol. The molecule has 0 atom stereocenters. The minimum absolute atomic E-state index is 0.0550. The van der Waals surface area contributed by atoms with Gasteiger partial charge in [0.1, 0.15) is 5.82 Å². The molecule has 1 heterocycles. The Hall–Kier alpha value is -1.10. The Morgan fingerprint density at radius 2 is 2.15 bits per heavy atom. The maximum atomic E-state index is 12.9. The van der Waals surface area contributed by atoms with Crippen molar-refractivity contribution in [3.63, 3.8) is 0 Å². The average molecular weight is 191 g/mol. The number of aliphatic hydroxyl groups excluding tert-OH is 1. The SMILES string of the molecule is Cc1nc(CO)cc(F)c1C(F)F. The third-order valence-corrected chi connectivity index (χ3v) is 1.63. The summed E-state index contributed by atoms with van der Waals surface area (Å²) in [4.78, 5) is 3.60. The van der Waals surface area contributed by atoms with Crippen LogP contribution in [0.5, 0.6) is 0 Å². The number of hydrogen-bond acceptors (Lipinski definition) is 2. The highest BCUT2D eigenvalue weighted by molar-refractivity contribution is 5.24. The van der Waals surface area contributed by atoms with Gasteiger partial charge in [0.05, 0.1) is 17.9 Å². The number of alkyl halides is 2. The van der Waals surface area contributed by atoms with Crippen molar-refractivity contribution < 1.29 is 18.3 Å². The Labute approximate surface area is 73.0 Å². The lowest BCUT2D eigenvalue weighted by atomic mass is 10.2. The summed E-state index contributed by atoms with van der Waals surface area (Å²) in [6.45, 7) is 0.824. The maximum absolute atomic E-state index is 12.9. The summed E-state index contributed by atoms with van der Waals surface area (Å²) in [6.07, 6.45) is -2.87. The fourth-order valence-electron chi connectivity index (χ4n) is 1.05. The van der Waals surface area contributed by atoms with Crippen LogP contribution < -0.4 is 0 Å². The van der Waals surface area contributed by atoms with Gasteiger partial charge in [-0.2, -0.15) is 0 Å². The number of aromatic nitrogens is 1. The van der Waals surface area contributed by atoms with E-state index in [2.05, 4.69) is 4.98 Å². The summed E-state index contributed by atoms with van der Waals surface area (Å²) in [5.41, 5.74) is -0.726. The van der Waals surface area contributed by atoms with E-state index in [1.54, 1.807) is 0 Å². The Bertz CT molecular complexity index is 291. The molecule has 13 heavy (non-hydrogen) atoms. The molecule has 0 spiro atoms. The van der Waals surface area contributed by atoms with Crippen LogP contribution in [0, 0.1) is 12.7 Å². The molecule has 1 rings (SSSR count). The zero-order valence-electron chi connectivity index (χ0n) is 6.89. The second-order valence-corrected chi connectivity index (χ2v) is 2.55. The van der Waals surface area contributed by atoms with E-state index in [1.807, 2.05) is 0 Å². The zero-order valence-corrected chi connectivity index (χ0v) is 6.89. The molecule has 0 fully saturated rings. The number of pyridine rings is 1. The second-order valence-electron chi connectivity index (χ2n) is 2.55. The Morgan fingerprint density at radius 1 is 1.54 bits per heavy atom. The van der Waals surface area contributed by atoms with Gasteiger partial charge in [-0.3, -0.25) is 4.98 Å². The summed E-state index contributed by atoms with van der Waals surface area (Å²) in [6, 6.07) is 0.814. The average Bonchev–Trinajstić information content (AvgIpc) is 2.02. The summed E-state index contributed by atoms with van der Waals surface area (Å²) >= 11 is 0. The van der Waals surface area contributed by atoms with E-state index in [4.69, 9.17) is 5.11 Å². The van der Waals surface area contributed by atoms with Crippen LogP contribution in [0.1, 0.15) is 23.4 Å². The molecule has 72 valence electrons. The molecule has 0 unspecified atom stereocenters. The number of hydrogen-bond donors (Lipinski definition) is 1. The molecule has 0 bridgehead atoms. The third kappa shape index (κ3) is 1.98. The molecule has 1 aromatic heterocycles. The molecular formula is C8H8F3NO. The summed E-state index contributed by atoms with van der Waals surface area (Å²) < 4.78 is 37.3. The van der Waals surface area contributed by atoms with E-state index in [0.717, 1.165) is 6.07 Å². The fraction of sp³-hybridized carbons (Fsp3) is 0.375. The molecule has 0 radical (unpaired) electrons. The van der Waals surface area contributed by atoms with Gasteiger partial charge in [0, 0.05) is 5.69 Å². The van der Waals surface area contributed by atoms with Crippen LogP contribution in [0.25, 0.3) is 0 Å². The lowest BCUT2D eigenvalue weighted by Crippen LogP contribution is -2.02. The first-order valence-corrected chi connectivity index (χ1v) is 3.61. The predicted molar refractivity (Wildman–Crippen MR) is 39.8 cm³/mol. The van der Waals surface area contributed by atoms with E-state index in [9.17, 15) is 13.2 Å². The highest BCUT2D eigenvalue weighted by Crippen LogP contribution is 2.24. The van der Waals surface area contributed by atoms with Gasteiger partial charge in [0.25, 0.3) is 6.43 Å². The van der Waals surface area contributed by atoms with Crippen LogP contribution in [0.2, 0.25) is 0 Å². The zero-order chi connectivity index (χ0) is 10.0. The standard InChI is InChI=1S/C8H8F3NO/c1-4-7(8(10)11)6(9)2-5(3-13)12-4/h2,8,13H,3H2,1H3. The van der Waals surface area contributed by atoms with Gasteiger partial charge in [-0.15, -0.1) is 0 Å². The molecule has 5 heteroatoms. The quantitative estimate of drug-likeness (QED) is 0.775. The first-order valence-electron chi connectivity index (χ1n) is 3.61. The molecule has 0 aliphatic carbocycles. The first kappa shape index (κ1) is 9.98. The van der Waals surface area contributed by atoms with Crippen LogP contribution in [0.15, 0.2) is 6.07 Å². The van der Waals surface area contributed by atoms with Crippen LogP contribution in [0.4, 0.5) is 13.2 Å². The Morgan fingerprint density at radius 3 is 2.54 bits per heavy atom. The lowest BCUT2D eigenvalue weighted by molar-refractivity contribution is 0.144. The number of aryl methyl sites for hydroxylation is 1. The summed E-state index contributed by atoms with van der Waals surface area (Å²) in [7, 11) is 0. The number of aliphatic hydroxyl groups is 1. The van der Waals surface area contributed by atoms with E-state index in [1.165, 1.54) is 6.92 Å².